The van der Waals surface area contributed by atoms with Crippen LogP contribution in [-0.2, 0) is 0 Å². The van der Waals surface area contributed by atoms with Crippen molar-refractivity contribution in [3.63, 3.8) is 0 Å². The maximum atomic E-state index is 12.2. The summed E-state index contributed by atoms with van der Waals surface area (Å²) in [5.74, 6) is -1.19. The van der Waals surface area contributed by atoms with Gasteiger partial charge in [-0.05, 0) is 55.7 Å². The van der Waals surface area contributed by atoms with Gasteiger partial charge in [0.25, 0.3) is 5.56 Å². The Kier molecular flexibility index (Phi) is 3.25. The molecule has 19 heavy (non-hydrogen) atoms. The molecule has 1 aromatic carbocycles. The lowest BCUT2D eigenvalue weighted by atomic mass is 10.1. The van der Waals surface area contributed by atoms with E-state index in [9.17, 15) is 9.59 Å². The molecule has 98 valence electrons. The van der Waals surface area contributed by atoms with E-state index in [4.69, 9.17) is 5.11 Å². The summed E-state index contributed by atoms with van der Waals surface area (Å²) < 4.78 is 1.37. The van der Waals surface area contributed by atoms with Gasteiger partial charge in [-0.1, -0.05) is 6.07 Å². The number of aryl methyl sites for hydroxylation is 3. The van der Waals surface area contributed by atoms with Crippen LogP contribution in [0, 0.1) is 20.8 Å². The molecule has 0 unspecified atom stereocenters. The predicted octanol–water partition coefficient (Wildman–Crippen LogP) is 2.46. The summed E-state index contributed by atoms with van der Waals surface area (Å²) in [7, 11) is 0. The summed E-state index contributed by atoms with van der Waals surface area (Å²) in [6.07, 6.45) is 1.61. The Morgan fingerprint density at radius 2 is 1.68 bits per heavy atom. The SMILES string of the molecule is Cc1cc(C)cc(-n2ccc(C)c(C(=O)O)c2=O)c1. The van der Waals surface area contributed by atoms with Crippen LogP contribution in [0.3, 0.4) is 0 Å². The third-order valence-corrected chi connectivity index (χ3v) is 3.00. The molecule has 0 fully saturated rings. The maximum absolute atomic E-state index is 12.2. The molecule has 1 N–H and O–H groups in total. The maximum Gasteiger partial charge on any atom is 0.341 e. The quantitative estimate of drug-likeness (QED) is 0.899. The molecule has 0 amide bonds. The van der Waals surface area contributed by atoms with Gasteiger partial charge in [0.15, 0.2) is 0 Å². The Balaban J connectivity index is 2.74. The molecule has 0 aliphatic heterocycles. The van der Waals surface area contributed by atoms with Gasteiger partial charge < -0.3 is 5.11 Å². The molecule has 1 aromatic heterocycles. The number of carbonyl (C=O) groups is 1. The number of pyridine rings is 1. The monoisotopic (exact) mass is 257 g/mol. The molecule has 0 bridgehead atoms. The van der Waals surface area contributed by atoms with Crippen LogP contribution in [0.4, 0.5) is 0 Å². The lowest BCUT2D eigenvalue weighted by Gasteiger charge is -2.10. The first-order valence-corrected chi connectivity index (χ1v) is 5.94. The van der Waals surface area contributed by atoms with Crippen LogP contribution in [0.1, 0.15) is 27.0 Å². The first-order chi connectivity index (χ1) is 8.90. The number of carboxylic acids is 1. The zero-order chi connectivity index (χ0) is 14.2. The molecule has 2 rings (SSSR count). The first kappa shape index (κ1) is 13.1. The van der Waals surface area contributed by atoms with E-state index < -0.39 is 11.5 Å². The van der Waals surface area contributed by atoms with E-state index in [0.717, 1.165) is 11.1 Å². The highest BCUT2D eigenvalue weighted by Gasteiger charge is 2.15. The Hall–Kier alpha value is -2.36. The van der Waals surface area contributed by atoms with Crippen molar-refractivity contribution in [2.45, 2.75) is 20.8 Å². The fourth-order valence-corrected chi connectivity index (χ4v) is 2.18. The molecule has 0 radical (unpaired) electrons. The van der Waals surface area contributed by atoms with Crippen LogP contribution in [0.5, 0.6) is 0 Å². The number of aromatic nitrogens is 1. The topological polar surface area (TPSA) is 59.3 Å². The van der Waals surface area contributed by atoms with Gasteiger partial charge in [-0.15, -0.1) is 0 Å². The standard InChI is InChI=1S/C15H15NO3/c1-9-6-10(2)8-12(7-9)16-5-4-11(3)13(14(16)17)15(18)19/h4-8H,1-3H3,(H,18,19). The Labute approximate surface area is 110 Å². The van der Waals surface area contributed by atoms with Crippen LogP contribution < -0.4 is 5.56 Å². The second kappa shape index (κ2) is 4.72. The molecular formula is C15H15NO3. The number of carboxylic acid groups (broad SMARTS) is 1. The zero-order valence-electron chi connectivity index (χ0n) is 11.1. The molecule has 2 aromatic rings. The van der Waals surface area contributed by atoms with Gasteiger partial charge in [0.05, 0.1) is 0 Å². The average Bonchev–Trinajstić information content (AvgIpc) is 2.26. The van der Waals surface area contributed by atoms with Crippen molar-refractivity contribution in [1.29, 1.82) is 0 Å². The summed E-state index contributed by atoms with van der Waals surface area (Å²) >= 11 is 0. The number of benzene rings is 1. The first-order valence-electron chi connectivity index (χ1n) is 5.94. The van der Waals surface area contributed by atoms with Crippen molar-refractivity contribution in [2.75, 3.05) is 0 Å². The predicted molar refractivity (Wildman–Crippen MR) is 73.2 cm³/mol. The third kappa shape index (κ3) is 2.42. The van der Waals surface area contributed by atoms with Crippen molar-refractivity contribution >= 4 is 5.97 Å². The molecule has 0 aliphatic carbocycles. The summed E-state index contributed by atoms with van der Waals surface area (Å²) in [5, 5.41) is 9.11. The fraction of sp³-hybridized carbons (Fsp3) is 0.200. The minimum absolute atomic E-state index is 0.179. The van der Waals surface area contributed by atoms with E-state index in [0.29, 0.717) is 11.3 Å². The number of aromatic carboxylic acids is 1. The second-order valence-corrected chi connectivity index (χ2v) is 4.70. The largest absolute Gasteiger partial charge is 0.477 e. The molecule has 0 spiro atoms. The lowest BCUT2D eigenvalue weighted by Crippen LogP contribution is -2.26. The van der Waals surface area contributed by atoms with Gasteiger partial charge in [0.1, 0.15) is 5.56 Å². The minimum atomic E-state index is -1.19. The van der Waals surface area contributed by atoms with Crippen LogP contribution in [0.15, 0.2) is 35.3 Å². The summed E-state index contributed by atoms with van der Waals surface area (Å²) in [6.45, 7) is 5.50. The molecule has 4 heteroatoms. The van der Waals surface area contributed by atoms with E-state index in [1.54, 1.807) is 19.2 Å². The van der Waals surface area contributed by atoms with Crippen molar-refractivity contribution in [1.82, 2.24) is 4.57 Å². The van der Waals surface area contributed by atoms with Gasteiger partial charge in [-0.2, -0.15) is 0 Å². The van der Waals surface area contributed by atoms with Crippen LogP contribution in [-0.4, -0.2) is 15.6 Å². The number of hydrogen-bond donors (Lipinski definition) is 1. The highest BCUT2D eigenvalue weighted by Crippen LogP contribution is 2.13. The van der Waals surface area contributed by atoms with Crippen LogP contribution in [0.2, 0.25) is 0 Å². The van der Waals surface area contributed by atoms with Gasteiger partial charge >= 0.3 is 5.97 Å². The molecule has 0 atom stereocenters. The van der Waals surface area contributed by atoms with E-state index in [-0.39, 0.29) is 5.56 Å². The normalized spacial score (nSPS) is 10.5. The summed E-state index contributed by atoms with van der Waals surface area (Å²) in [4.78, 5) is 23.4. The van der Waals surface area contributed by atoms with Crippen molar-refractivity contribution in [3.05, 3.63) is 63.1 Å². The molecule has 1 heterocycles. The number of rotatable bonds is 2. The molecule has 0 saturated carbocycles. The zero-order valence-corrected chi connectivity index (χ0v) is 11.1. The van der Waals surface area contributed by atoms with Crippen LogP contribution >= 0.6 is 0 Å². The highest BCUT2D eigenvalue weighted by molar-refractivity contribution is 5.88. The Bertz CT molecular complexity index is 694. The summed E-state index contributed by atoms with van der Waals surface area (Å²) in [6, 6.07) is 7.36. The molecular weight excluding hydrogens is 242 g/mol. The molecule has 0 aliphatic rings. The van der Waals surface area contributed by atoms with Gasteiger partial charge in [0.2, 0.25) is 0 Å². The minimum Gasteiger partial charge on any atom is -0.477 e. The molecule has 0 saturated heterocycles. The Morgan fingerprint density at radius 3 is 2.21 bits per heavy atom. The van der Waals surface area contributed by atoms with E-state index >= 15 is 0 Å². The lowest BCUT2D eigenvalue weighted by molar-refractivity contribution is 0.0694. The van der Waals surface area contributed by atoms with Gasteiger partial charge in [-0.25, -0.2) is 4.79 Å². The smallest absolute Gasteiger partial charge is 0.341 e. The Morgan fingerprint density at radius 1 is 1.11 bits per heavy atom. The van der Waals surface area contributed by atoms with E-state index in [1.807, 2.05) is 32.0 Å². The second-order valence-electron chi connectivity index (χ2n) is 4.70. The van der Waals surface area contributed by atoms with Gasteiger partial charge in [0, 0.05) is 11.9 Å². The average molecular weight is 257 g/mol. The van der Waals surface area contributed by atoms with Crippen molar-refractivity contribution in [2.24, 2.45) is 0 Å². The number of nitrogens with zero attached hydrogens (tertiary/aromatic N) is 1. The van der Waals surface area contributed by atoms with Crippen molar-refractivity contribution in [3.8, 4) is 5.69 Å². The third-order valence-electron chi connectivity index (χ3n) is 3.00. The van der Waals surface area contributed by atoms with Gasteiger partial charge in [-0.3, -0.25) is 9.36 Å². The number of hydrogen-bond acceptors (Lipinski definition) is 2. The highest BCUT2D eigenvalue weighted by atomic mass is 16.4. The molecule has 4 nitrogen and oxygen atoms in total. The summed E-state index contributed by atoms with van der Waals surface area (Å²) in [5.41, 5.74) is 2.53. The van der Waals surface area contributed by atoms with E-state index in [1.165, 1.54) is 4.57 Å². The fourth-order valence-electron chi connectivity index (χ4n) is 2.18. The van der Waals surface area contributed by atoms with Crippen molar-refractivity contribution < 1.29 is 9.90 Å². The van der Waals surface area contributed by atoms with E-state index in [2.05, 4.69) is 0 Å². The van der Waals surface area contributed by atoms with Crippen LogP contribution in [0.25, 0.3) is 5.69 Å².